The molecule has 1 saturated carbocycles. The van der Waals surface area contributed by atoms with Crippen molar-refractivity contribution >= 4 is 23.5 Å². The van der Waals surface area contributed by atoms with Crippen molar-refractivity contribution in [2.24, 2.45) is 11.8 Å². The molecule has 1 atom stereocenters. The number of aromatic nitrogens is 1. The van der Waals surface area contributed by atoms with E-state index in [4.69, 9.17) is 15.2 Å². The highest BCUT2D eigenvalue weighted by atomic mass is 16.5. The summed E-state index contributed by atoms with van der Waals surface area (Å²) in [5, 5.41) is 14.9. The van der Waals surface area contributed by atoms with Crippen molar-refractivity contribution in [1.29, 1.82) is 5.26 Å². The third-order valence-electron chi connectivity index (χ3n) is 6.06. The van der Waals surface area contributed by atoms with E-state index in [0.717, 1.165) is 25.7 Å². The Morgan fingerprint density at radius 2 is 1.97 bits per heavy atom. The van der Waals surface area contributed by atoms with Gasteiger partial charge in [0.2, 0.25) is 11.8 Å². The number of carbonyl (C=O) groups is 3. The molecule has 0 bridgehead atoms. The second-order valence-electron chi connectivity index (χ2n) is 8.48. The fourth-order valence-corrected chi connectivity index (χ4v) is 4.06. The van der Waals surface area contributed by atoms with Crippen LogP contribution in [0.25, 0.3) is 0 Å². The van der Waals surface area contributed by atoms with Crippen molar-refractivity contribution in [1.82, 2.24) is 15.6 Å². The van der Waals surface area contributed by atoms with E-state index in [2.05, 4.69) is 15.6 Å². The summed E-state index contributed by atoms with van der Waals surface area (Å²) in [6.45, 7) is 4.52. The number of amides is 2. The molecule has 1 aliphatic carbocycles. The number of nitrogens with two attached hydrogens (primary N) is 1. The van der Waals surface area contributed by atoms with E-state index in [-0.39, 0.29) is 40.6 Å². The van der Waals surface area contributed by atoms with Gasteiger partial charge in [-0.25, -0.2) is 9.78 Å². The second-order valence-corrected chi connectivity index (χ2v) is 8.48. The highest BCUT2D eigenvalue weighted by molar-refractivity contribution is 5.93. The minimum absolute atomic E-state index is 0.0471. The van der Waals surface area contributed by atoms with Crippen molar-refractivity contribution in [2.75, 3.05) is 26.0 Å². The third-order valence-corrected chi connectivity index (χ3v) is 6.06. The molecule has 2 rings (SSSR count). The SMILES string of the molecule is CCCC[C@@H](NC(=O)C1CCC(CNC(=O)c2cc(N)c(C#N)c(OCC)n2)CC1)C(=O)OC. The lowest BCUT2D eigenvalue weighted by Crippen LogP contribution is -2.45. The van der Waals surface area contributed by atoms with Gasteiger partial charge in [-0.3, -0.25) is 9.59 Å². The monoisotopic (exact) mass is 473 g/mol. The van der Waals surface area contributed by atoms with E-state index >= 15 is 0 Å². The van der Waals surface area contributed by atoms with Gasteiger partial charge in [0.1, 0.15) is 23.4 Å². The van der Waals surface area contributed by atoms with Gasteiger partial charge in [0.05, 0.1) is 19.4 Å². The Morgan fingerprint density at radius 3 is 2.56 bits per heavy atom. The van der Waals surface area contributed by atoms with Crippen molar-refractivity contribution in [2.45, 2.75) is 64.8 Å². The number of nitrogens with one attached hydrogen (secondary N) is 2. The lowest BCUT2D eigenvalue weighted by atomic mass is 9.81. The summed E-state index contributed by atoms with van der Waals surface area (Å²) in [6, 6.07) is 2.70. The summed E-state index contributed by atoms with van der Waals surface area (Å²) in [7, 11) is 1.33. The lowest BCUT2D eigenvalue weighted by molar-refractivity contribution is -0.146. The Bertz CT molecular complexity index is 906. The van der Waals surface area contributed by atoms with Crippen molar-refractivity contribution in [3.8, 4) is 11.9 Å². The van der Waals surface area contributed by atoms with Crippen LogP contribution in [0.3, 0.4) is 0 Å². The lowest BCUT2D eigenvalue weighted by Gasteiger charge is -2.29. The van der Waals surface area contributed by atoms with Gasteiger partial charge in [0.25, 0.3) is 5.91 Å². The second kappa shape index (κ2) is 13.4. The van der Waals surface area contributed by atoms with Crippen LogP contribution in [0.4, 0.5) is 5.69 Å². The normalized spacial score (nSPS) is 18.3. The molecule has 0 radical (unpaired) electrons. The van der Waals surface area contributed by atoms with Crippen LogP contribution in [0.5, 0.6) is 5.88 Å². The Kier molecular flexibility index (Phi) is 10.6. The number of unbranched alkanes of at least 4 members (excludes halogenated alkanes) is 1. The van der Waals surface area contributed by atoms with E-state index < -0.39 is 17.9 Å². The van der Waals surface area contributed by atoms with Gasteiger partial charge in [0.15, 0.2) is 0 Å². The number of rotatable bonds is 11. The molecule has 0 spiro atoms. The van der Waals surface area contributed by atoms with Gasteiger partial charge in [-0.1, -0.05) is 19.8 Å². The molecule has 10 heteroatoms. The van der Waals surface area contributed by atoms with Crippen LogP contribution in [0.1, 0.15) is 74.8 Å². The van der Waals surface area contributed by atoms with Gasteiger partial charge in [-0.2, -0.15) is 5.26 Å². The fourth-order valence-electron chi connectivity index (χ4n) is 4.06. The predicted molar refractivity (Wildman–Crippen MR) is 126 cm³/mol. The van der Waals surface area contributed by atoms with Crippen LogP contribution in [0, 0.1) is 23.2 Å². The average Bonchev–Trinajstić information content (AvgIpc) is 2.84. The smallest absolute Gasteiger partial charge is 0.328 e. The number of hydrogen-bond donors (Lipinski definition) is 3. The zero-order valence-electron chi connectivity index (χ0n) is 20.2. The van der Waals surface area contributed by atoms with Gasteiger partial charge in [-0.15, -0.1) is 0 Å². The third kappa shape index (κ3) is 7.33. The molecular formula is C24H35N5O5. The summed E-state index contributed by atoms with van der Waals surface area (Å²) in [6.07, 6.45) is 5.26. The first-order valence-corrected chi connectivity index (χ1v) is 11.8. The predicted octanol–water partition coefficient (Wildman–Crippen LogP) is 2.32. The standard InChI is InChI=1S/C24H35N5O5/c1-4-6-7-19(24(32)33-3)28-21(30)16-10-8-15(9-11-16)14-27-22(31)20-12-18(26)17(13-25)23(29-20)34-5-2/h12,15-16,19H,4-11,14H2,1-3H3,(H2,26,29)(H,27,31)(H,28,30)/t15?,16?,19-/m1/s1. The quantitative estimate of drug-likeness (QED) is 0.413. The minimum Gasteiger partial charge on any atom is -0.477 e. The molecule has 0 saturated heterocycles. The number of hydrogen-bond acceptors (Lipinski definition) is 8. The molecule has 10 nitrogen and oxygen atoms in total. The summed E-state index contributed by atoms with van der Waals surface area (Å²) >= 11 is 0. The maximum atomic E-state index is 12.7. The minimum atomic E-state index is -0.608. The number of nitrogens with zero attached hydrogens (tertiary/aromatic N) is 2. The number of nitriles is 1. The van der Waals surface area contributed by atoms with Crippen LogP contribution in [0.15, 0.2) is 6.07 Å². The molecule has 2 amide bonds. The van der Waals surface area contributed by atoms with Crippen LogP contribution in [-0.4, -0.2) is 49.1 Å². The van der Waals surface area contributed by atoms with Gasteiger partial charge in [0, 0.05) is 12.5 Å². The number of ether oxygens (including phenoxy) is 2. The summed E-state index contributed by atoms with van der Waals surface area (Å²) in [5.41, 5.74) is 6.23. The summed E-state index contributed by atoms with van der Waals surface area (Å²) in [4.78, 5) is 41.4. The number of carbonyl (C=O) groups excluding carboxylic acids is 3. The first-order chi connectivity index (χ1) is 16.3. The number of nitrogen functional groups attached to an aromatic ring is 1. The van der Waals surface area contributed by atoms with Crippen LogP contribution >= 0.6 is 0 Å². The molecule has 0 aliphatic heterocycles. The van der Waals surface area contributed by atoms with E-state index in [1.54, 1.807) is 6.92 Å². The molecule has 34 heavy (non-hydrogen) atoms. The number of methoxy groups -OCH3 is 1. The molecular weight excluding hydrogens is 438 g/mol. The Labute approximate surface area is 200 Å². The van der Waals surface area contributed by atoms with E-state index in [9.17, 15) is 19.6 Å². The zero-order valence-corrected chi connectivity index (χ0v) is 20.2. The number of pyridine rings is 1. The molecule has 186 valence electrons. The molecule has 4 N–H and O–H groups in total. The molecule has 1 aliphatic rings. The Morgan fingerprint density at radius 1 is 1.26 bits per heavy atom. The number of esters is 1. The topological polar surface area (TPSA) is 156 Å². The molecule has 1 aromatic heterocycles. The van der Waals surface area contributed by atoms with Crippen LogP contribution < -0.4 is 21.1 Å². The van der Waals surface area contributed by atoms with Gasteiger partial charge < -0.3 is 25.8 Å². The van der Waals surface area contributed by atoms with E-state index in [1.807, 2.05) is 13.0 Å². The maximum Gasteiger partial charge on any atom is 0.328 e. The summed E-state index contributed by atoms with van der Waals surface area (Å²) < 4.78 is 10.2. The first-order valence-electron chi connectivity index (χ1n) is 11.8. The maximum absolute atomic E-state index is 12.7. The fraction of sp³-hybridized carbons (Fsp3) is 0.625. The van der Waals surface area contributed by atoms with E-state index in [0.29, 0.717) is 32.4 Å². The highest BCUT2D eigenvalue weighted by Crippen LogP contribution is 2.29. The Balaban J connectivity index is 1.86. The molecule has 1 fully saturated rings. The molecule has 1 aromatic rings. The van der Waals surface area contributed by atoms with Crippen molar-refractivity contribution < 1.29 is 23.9 Å². The molecule has 1 heterocycles. The van der Waals surface area contributed by atoms with Crippen LogP contribution in [-0.2, 0) is 14.3 Å². The summed E-state index contributed by atoms with van der Waals surface area (Å²) in [5.74, 6) is -0.807. The van der Waals surface area contributed by atoms with Gasteiger partial charge >= 0.3 is 5.97 Å². The molecule has 0 aromatic carbocycles. The average molecular weight is 474 g/mol. The zero-order chi connectivity index (χ0) is 25.1. The number of anilines is 1. The largest absolute Gasteiger partial charge is 0.477 e. The van der Waals surface area contributed by atoms with Crippen LogP contribution in [0.2, 0.25) is 0 Å². The van der Waals surface area contributed by atoms with Gasteiger partial charge in [-0.05, 0) is 51.0 Å². The van der Waals surface area contributed by atoms with E-state index in [1.165, 1.54) is 13.2 Å². The van der Waals surface area contributed by atoms with Crippen molar-refractivity contribution in [3.63, 3.8) is 0 Å². The molecule has 0 unspecified atom stereocenters. The van der Waals surface area contributed by atoms with Crippen molar-refractivity contribution in [3.05, 3.63) is 17.3 Å². The highest BCUT2D eigenvalue weighted by Gasteiger charge is 2.30. The first kappa shape index (κ1) is 26.9. The Hall–Kier alpha value is -3.35.